The Labute approximate surface area is 188 Å². The molecular formula is C26H50O3Si. The van der Waals surface area contributed by atoms with Crippen molar-refractivity contribution in [1.29, 1.82) is 0 Å². The molecule has 2 saturated carbocycles. The first kappa shape index (κ1) is 24.7. The van der Waals surface area contributed by atoms with Crippen LogP contribution >= 0.6 is 0 Å². The molecule has 0 aromatic carbocycles. The predicted molar refractivity (Wildman–Crippen MR) is 128 cm³/mol. The summed E-state index contributed by atoms with van der Waals surface area (Å²) in [5.41, 5.74) is 2.37. The number of fused-ring (bicyclic) bond motifs is 2. The second-order valence-corrected chi connectivity index (χ2v) is 17.6. The minimum absolute atomic E-state index is 0.131. The Bertz CT molecular complexity index is 561. The van der Waals surface area contributed by atoms with Gasteiger partial charge in [-0.1, -0.05) is 62.3 Å². The molecule has 0 aromatic rings. The van der Waals surface area contributed by atoms with Gasteiger partial charge in [0.25, 0.3) is 0 Å². The molecule has 0 N–H and O–H groups in total. The van der Waals surface area contributed by atoms with E-state index < -0.39 is 8.32 Å². The Hall–Kier alpha value is 0.0969. The zero-order valence-corrected chi connectivity index (χ0v) is 22.5. The van der Waals surface area contributed by atoms with E-state index in [4.69, 9.17) is 13.9 Å². The Morgan fingerprint density at radius 1 is 0.900 bits per heavy atom. The fourth-order valence-corrected chi connectivity index (χ4v) is 13.8. The van der Waals surface area contributed by atoms with Gasteiger partial charge in [-0.05, 0) is 66.0 Å². The van der Waals surface area contributed by atoms with E-state index in [9.17, 15) is 0 Å². The smallest absolute Gasteiger partial charge is 0.200 e. The van der Waals surface area contributed by atoms with Gasteiger partial charge in [0.1, 0.15) is 0 Å². The van der Waals surface area contributed by atoms with Crippen LogP contribution in [0.5, 0.6) is 0 Å². The first-order chi connectivity index (χ1) is 14.0. The van der Waals surface area contributed by atoms with Crippen molar-refractivity contribution >= 4 is 8.32 Å². The van der Waals surface area contributed by atoms with Gasteiger partial charge < -0.3 is 13.9 Å². The van der Waals surface area contributed by atoms with E-state index in [1.54, 1.807) is 0 Å². The molecule has 0 radical (unpaired) electrons. The van der Waals surface area contributed by atoms with Crippen molar-refractivity contribution in [3.63, 3.8) is 0 Å². The number of rotatable bonds is 7. The summed E-state index contributed by atoms with van der Waals surface area (Å²) in [6, 6.07) is 0. The SMILES string of the molecule is CC(C)[Si](OCC[C@@]1(C)[C@H](C)CC[C@]2(C)[C@@H]1CCCC21OCCO1)(C(C)C)C(C)C. The second-order valence-electron chi connectivity index (χ2n) is 12.2. The van der Waals surface area contributed by atoms with Crippen LogP contribution in [0, 0.1) is 22.7 Å². The summed E-state index contributed by atoms with van der Waals surface area (Å²) in [5.74, 6) is 1.05. The molecule has 176 valence electrons. The molecule has 0 bridgehead atoms. The second kappa shape index (κ2) is 8.80. The van der Waals surface area contributed by atoms with E-state index in [1.807, 2.05) is 0 Å². The molecule has 30 heavy (non-hydrogen) atoms. The van der Waals surface area contributed by atoms with Crippen LogP contribution < -0.4 is 0 Å². The van der Waals surface area contributed by atoms with Gasteiger partial charge >= 0.3 is 0 Å². The van der Waals surface area contributed by atoms with Gasteiger partial charge in [0.2, 0.25) is 0 Å². The van der Waals surface area contributed by atoms with Crippen molar-refractivity contribution < 1.29 is 13.9 Å². The van der Waals surface area contributed by atoms with Crippen molar-refractivity contribution in [3.05, 3.63) is 0 Å². The van der Waals surface area contributed by atoms with Gasteiger partial charge in [0, 0.05) is 18.4 Å². The molecule has 4 heteroatoms. The molecule has 2 aliphatic carbocycles. The third kappa shape index (κ3) is 3.66. The molecule has 3 aliphatic rings. The standard InChI is InChI=1S/C26H50O3Si/c1-19(2)30(20(3)4,21(5)6)29-16-15-24(8)22(7)12-14-25(9)23(24)11-10-13-26(25)27-17-18-28-26/h19-23H,10-18H2,1-9H3/t22-,23-,24+,25-/m1/s1. The molecule has 1 spiro atoms. The van der Waals surface area contributed by atoms with Gasteiger partial charge in [-0.15, -0.1) is 0 Å². The first-order valence-corrected chi connectivity index (χ1v) is 15.0. The zero-order valence-electron chi connectivity index (χ0n) is 21.5. The van der Waals surface area contributed by atoms with Gasteiger partial charge in [0.05, 0.1) is 13.2 Å². The summed E-state index contributed by atoms with van der Waals surface area (Å²) in [6.07, 6.45) is 7.30. The van der Waals surface area contributed by atoms with E-state index in [-0.39, 0.29) is 11.2 Å². The lowest BCUT2D eigenvalue weighted by molar-refractivity contribution is -0.298. The van der Waals surface area contributed by atoms with Crippen LogP contribution in [0.15, 0.2) is 0 Å². The minimum Gasteiger partial charge on any atom is -0.416 e. The minimum atomic E-state index is -1.81. The van der Waals surface area contributed by atoms with Crippen LogP contribution in [-0.4, -0.2) is 33.9 Å². The van der Waals surface area contributed by atoms with Gasteiger partial charge in [-0.25, -0.2) is 0 Å². The molecule has 3 rings (SSSR count). The Balaban J connectivity index is 1.82. The highest BCUT2D eigenvalue weighted by Crippen LogP contribution is 2.65. The first-order valence-electron chi connectivity index (χ1n) is 12.9. The van der Waals surface area contributed by atoms with E-state index in [0.29, 0.717) is 28.0 Å². The normalized spacial score (nSPS) is 36.8. The average molecular weight is 439 g/mol. The average Bonchev–Trinajstić information content (AvgIpc) is 3.13. The van der Waals surface area contributed by atoms with Gasteiger partial charge in [-0.3, -0.25) is 0 Å². The summed E-state index contributed by atoms with van der Waals surface area (Å²) in [4.78, 5) is 0. The highest BCUT2D eigenvalue weighted by Gasteiger charge is 2.64. The van der Waals surface area contributed by atoms with Crippen LogP contribution in [0.25, 0.3) is 0 Å². The predicted octanol–water partition coefficient (Wildman–Crippen LogP) is 7.55. The number of ether oxygens (including phenoxy) is 2. The van der Waals surface area contributed by atoms with Crippen LogP contribution in [-0.2, 0) is 13.9 Å². The maximum absolute atomic E-state index is 7.04. The lowest BCUT2D eigenvalue weighted by atomic mass is 9.45. The molecule has 0 aromatic heterocycles. The van der Waals surface area contributed by atoms with Crippen LogP contribution in [0.4, 0.5) is 0 Å². The highest BCUT2D eigenvalue weighted by molar-refractivity contribution is 6.77. The third-order valence-corrected chi connectivity index (χ3v) is 16.2. The monoisotopic (exact) mass is 438 g/mol. The fourth-order valence-electron chi connectivity index (χ4n) is 8.32. The molecule has 1 aliphatic heterocycles. The highest BCUT2D eigenvalue weighted by atomic mass is 28.4. The molecule has 1 heterocycles. The summed E-state index contributed by atoms with van der Waals surface area (Å²) in [6.45, 7) is 24.4. The molecule has 0 unspecified atom stereocenters. The topological polar surface area (TPSA) is 27.7 Å². The van der Waals surface area contributed by atoms with Crippen LogP contribution in [0.3, 0.4) is 0 Å². The maximum atomic E-state index is 7.04. The number of hydrogen-bond donors (Lipinski definition) is 0. The largest absolute Gasteiger partial charge is 0.416 e. The molecule has 1 saturated heterocycles. The molecule has 4 atom stereocenters. The zero-order chi connectivity index (χ0) is 22.4. The van der Waals surface area contributed by atoms with E-state index in [2.05, 4.69) is 62.3 Å². The Morgan fingerprint density at radius 2 is 1.47 bits per heavy atom. The van der Waals surface area contributed by atoms with Crippen molar-refractivity contribution in [3.8, 4) is 0 Å². The maximum Gasteiger partial charge on any atom is 0.200 e. The van der Waals surface area contributed by atoms with Crippen molar-refractivity contribution in [2.75, 3.05) is 19.8 Å². The summed E-state index contributed by atoms with van der Waals surface area (Å²) >= 11 is 0. The van der Waals surface area contributed by atoms with Crippen LogP contribution in [0.2, 0.25) is 16.6 Å². The van der Waals surface area contributed by atoms with Crippen molar-refractivity contribution in [2.24, 2.45) is 22.7 Å². The van der Waals surface area contributed by atoms with Crippen molar-refractivity contribution in [2.45, 2.75) is 123 Å². The van der Waals surface area contributed by atoms with Crippen molar-refractivity contribution in [1.82, 2.24) is 0 Å². The Morgan fingerprint density at radius 3 is 2.00 bits per heavy atom. The van der Waals surface area contributed by atoms with Gasteiger partial charge in [-0.2, -0.15) is 0 Å². The number of hydrogen-bond acceptors (Lipinski definition) is 3. The molecule has 3 fully saturated rings. The third-order valence-electron chi connectivity index (χ3n) is 10.1. The Kier molecular flexibility index (Phi) is 7.25. The molecule has 0 amide bonds. The van der Waals surface area contributed by atoms with E-state index >= 15 is 0 Å². The van der Waals surface area contributed by atoms with Crippen LogP contribution in [0.1, 0.15) is 101 Å². The molecular weight excluding hydrogens is 388 g/mol. The fraction of sp³-hybridized carbons (Fsp3) is 1.00. The summed E-state index contributed by atoms with van der Waals surface area (Å²) in [7, 11) is -1.81. The van der Waals surface area contributed by atoms with Gasteiger partial charge in [0.15, 0.2) is 14.1 Å². The molecule has 3 nitrogen and oxygen atoms in total. The quantitative estimate of drug-likeness (QED) is 0.384. The summed E-state index contributed by atoms with van der Waals surface area (Å²) < 4.78 is 19.8. The lowest BCUT2D eigenvalue weighted by Gasteiger charge is -2.63. The van der Waals surface area contributed by atoms with E-state index in [0.717, 1.165) is 32.2 Å². The lowest BCUT2D eigenvalue weighted by Crippen LogP contribution is -2.62. The summed E-state index contributed by atoms with van der Waals surface area (Å²) in [5, 5.41) is 0. The van der Waals surface area contributed by atoms with E-state index in [1.165, 1.54) is 32.1 Å².